The zero-order valence-electron chi connectivity index (χ0n) is 8.92. The maximum absolute atomic E-state index is 4.51. The van der Waals surface area contributed by atoms with E-state index in [0.29, 0.717) is 0 Å². The second-order valence-corrected chi connectivity index (χ2v) is 3.63. The molecule has 2 aromatic rings. The molecule has 0 saturated heterocycles. The van der Waals surface area contributed by atoms with Gasteiger partial charge in [-0.3, -0.25) is 0 Å². The Morgan fingerprint density at radius 2 is 1.57 bits per heavy atom. The quantitative estimate of drug-likeness (QED) is 0.635. The number of nitrogens with zero attached hydrogens (tertiary/aromatic N) is 3. The molecule has 2 heterocycles. The molecule has 3 heteroatoms. The molecule has 2 aromatic heterocycles. The number of rotatable bonds is 0. The lowest BCUT2D eigenvalue weighted by Gasteiger charge is -2.05. The van der Waals surface area contributed by atoms with Gasteiger partial charge in [0.2, 0.25) is 0 Å². The number of fused-ring (bicyclic) bond motifs is 1. The van der Waals surface area contributed by atoms with Crippen LogP contribution in [0.2, 0.25) is 0 Å². The van der Waals surface area contributed by atoms with Crippen LogP contribution in [0, 0.1) is 27.7 Å². The van der Waals surface area contributed by atoms with Crippen LogP contribution < -0.4 is 0 Å². The van der Waals surface area contributed by atoms with Gasteiger partial charge in [0.25, 0.3) is 0 Å². The molecule has 14 heavy (non-hydrogen) atoms. The highest BCUT2D eigenvalue weighted by molar-refractivity contribution is 5.75. The third-order valence-electron chi connectivity index (χ3n) is 2.62. The Morgan fingerprint density at radius 1 is 0.929 bits per heavy atom. The fraction of sp³-hybridized carbons (Fsp3) is 0.364. The molecule has 0 amide bonds. The predicted molar refractivity (Wildman–Crippen MR) is 56.3 cm³/mol. The van der Waals surface area contributed by atoms with Gasteiger partial charge in [0.15, 0.2) is 5.65 Å². The van der Waals surface area contributed by atoms with Gasteiger partial charge in [0, 0.05) is 6.20 Å². The van der Waals surface area contributed by atoms with E-state index in [0.717, 1.165) is 28.1 Å². The van der Waals surface area contributed by atoms with Crippen molar-refractivity contribution in [1.29, 1.82) is 0 Å². The first kappa shape index (κ1) is 9.06. The number of aryl methyl sites for hydroxylation is 4. The van der Waals surface area contributed by atoms with Gasteiger partial charge < -0.3 is 0 Å². The molecule has 0 aliphatic heterocycles. The standard InChI is InChI=1S/C11H13N3/c1-6-5-12-11-10(7(6)2)13-8(3)9(4)14-11/h5H,1-4H3. The van der Waals surface area contributed by atoms with Crippen LogP contribution in [0.25, 0.3) is 11.2 Å². The highest BCUT2D eigenvalue weighted by atomic mass is 14.9. The molecule has 0 bridgehead atoms. The summed E-state index contributed by atoms with van der Waals surface area (Å²) in [5.41, 5.74) is 5.94. The summed E-state index contributed by atoms with van der Waals surface area (Å²) in [6.07, 6.45) is 1.85. The summed E-state index contributed by atoms with van der Waals surface area (Å²) in [7, 11) is 0. The van der Waals surface area contributed by atoms with Crippen molar-refractivity contribution in [3.05, 3.63) is 28.7 Å². The number of aromatic nitrogens is 3. The van der Waals surface area contributed by atoms with E-state index >= 15 is 0 Å². The van der Waals surface area contributed by atoms with Crippen molar-refractivity contribution in [1.82, 2.24) is 15.0 Å². The van der Waals surface area contributed by atoms with Crippen molar-refractivity contribution in [2.75, 3.05) is 0 Å². The van der Waals surface area contributed by atoms with E-state index in [4.69, 9.17) is 0 Å². The molecule has 0 spiro atoms. The average Bonchev–Trinajstić information content (AvgIpc) is 2.15. The molecule has 3 nitrogen and oxygen atoms in total. The second-order valence-electron chi connectivity index (χ2n) is 3.63. The van der Waals surface area contributed by atoms with Crippen molar-refractivity contribution >= 4 is 11.2 Å². The molecule has 0 fully saturated rings. The average molecular weight is 187 g/mol. The summed E-state index contributed by atoms with van der Waals surface area (Å²) in [5, 5.41) is 0. The maximum atomic E-state index is 4.51. The van der Waals surface area contributed by atoms with Crippen molar-refractivity contribution in [3.8, 4) is 0 Å². The van der Waals surface area contributed by atoms with Crippen LogP contribution in [-0.4, -0.2) is 15.0 Å². The van der Waals surface area contributed by atoms with Crippen LogP contribution in [-0.2, 0) is 0 Å². The van der Waals surface area contributed by atoms with E-state index in [9.17, 15) is 0 Å². The van der Waals surface area contributed by atoms with Gasteiger partial charge in [0.05, 0.1) is 11.4 Å². The van der Waals surface area contributed by atoms with Crippen molar-refractivity contribution < 1.29 is 0 Å². The third-order valence-corrected chi connectivity index (χ3v) is 2.62. The molecule has 0 unspecified atom stereocenters. The fourth-order valence-corrected chi connectivity index (χ4v) is 1.37. The lowest BCUT2D eigenvalue weighted by Crippen LogP contribution is -1.98. The van der Waals surface area contributed by atoms with Crippen LogP contribution in [0.3, 0.4) is 0 Å². The van der Waals surface area contributed by atoms with Gasteiger partial charge in [-0.2, -0.15) is 0 Å². The molecule has 0 radical (unpaired) electrons. The van der Waals surface area contributed by atoms with Gasteiger partial charge in [-0.05, 0) is 38.8 Å². The molecule has 0 aromatic carbocycles. The van der Waals surface area contributed by atoms with E-state index in [1.54, 1.807) is 0 Å². The van der Waals surface area contributed by atoms with Crippen LogP contribution in [0.4, 0.5) is 0 Å². The zero-order valence-corrected chi connectivity index (χ0v) is 8.92. The fourth-order valence-electron chi connectivity index (χ4n) is 1.37. The Balaban J connectivity index is 2.89. The SMILES string of the molecule is Cc1cnc2nc(C)c(C)nc2c1C. The topological polar surface area (TPSA) is 38.7 Å². The van der Waals surface area contributed by atoms with Gasteiger partial charge in [-0.15, -0.1) is 0 Å². The van der Waals surface area contributed by atoms with Crippen LogP contribution in [0.5, 0.6) is 0 Å². The largest absolute Gasteiger partial charge is 0.248 e. The molecular formula is C11H13N3. The van der Waals surface area contributed by atoms with Crippen molar-refractivity contribution in [2.24, 2.45) is 0 Å². The van der Waals surface area contributed by atoms with Gasteiger partial charge in [-0.25, -0.2) is 15.0 Å². The molecule has 2 rings (SSSR count). The summed E-state index contributed by atoms with van der Waals surface area (Å²) < 4.78 is 0. The molecule has 0 atom stereocenters. The number of pyridine rings is 1. The molecule has 0 aliphatic rings. The number of hydrogen-bond donors (Lipinski definition) is 0. The minimum absolute atomic E-state index is 0.746. The lowest BCUT2D eigenvalue weighted by molar-refractivity contribution is 1.07. The molecule has 0 N–H and O–H groups in total. The monoisotopic (exact) mass is 187 g/mol. The Labute approximate surface area is 83.2 Å². The highest BCUT2D eigenvalue weighted by Crippen LogP contribution is 2.16. The predicted octanol–water partition coefficient (Wildman–Crippen LogP) is 2.26. The van der Waals surface area contributed by atoms with Crippen molar-refractivity contribution in [3.63, 3.8) is 0 Å². The summed E-state index contributed by atoms with van der Waals surface area (Å²) in [6.45, 7) is 8.03. The Morgan fingerprint density at radius 3 is 2.29 bits per heavy atom. The van der Waals surface area contributed by atoms with Gasteiger partial charge >= 0.3 is 0 Å². The Bertz CT molecular complexity index is 503. The first-order valence-corrected chi connectivity index (χ1v) is 4.66. The first-order chi connectivity index (χ1) is 6.59. The molecule has 0 aliphatic carbocycles. The molecular weight excluding hydrogens is 174 g/mol. The smallest absolute Gasteiger partial charge is 0.178 e. The summed E-state index contributed by atoms with van der Waals surface area (Å²) >= 11 is 0. The van der Waals surface area contributed by atoms with Crippen LogP contribution >= 0.6 is 0 Å². The van der Waals surface area contributed by atoms with E-state index in [1.807, 2.05) is 27.0 Å². The molecule has 0 saturated carbocycles. The highest BCUT2D eigenvalue weighted by Gasteiger charge is 2.06. The second kappa shape index (κ2) is 3.01. The van der Waals surface area contributed by atoms with E-state index in [-0.39, 0.29) is 0 Å². The van der Waals surface area contributed by atoms with E-state index < -0.39 is 0 Å². The lowest BCUT2D eigenvalue weighted by atomic mass is 10.1. The van der Waals surface area contributed by atoms with Crippen LogP contribution in [0.1, 0.15) is 22.5 Å². The molecule has 72 valence electrons. The van der Waals surface area contributed by atoms with E-state index in [2.05, 4.69) is 21.9 Å². The van der Waals surface area contributed by atoms with Crippen LogP contribution in [0.15, 0.2) is 6.20 Å². The van der Waals surface area contributed by atoms with Gasteiger partial charge in [-0.1, -0.05) is 0 Å². The van der Waals surface area contributed by atoms with Crippen molar-refractivity contribution in [2.45, 2.75) is 27.7 Å². The Kier molecular flexibility index (Phi) is 1.95. The van der Waals surface area contributed by atoms with Gasteiger partial charge in [0.1, 0.15) is 5.52 Å². The summed E-state index contributed by atoms with van der Waals surface area (Å²) in [6, 6.07) is 0. The minimum Gasteiger partial charge on any atom is -0.248 e. The first-order valence-electron chi connectivity index (χ1n) is 4.66. The maximum Gasteiger partial charge on any atom is 0.178 e. The number of hydrogen-bond acceptors (Lipinski definition) is 3. The Hall–Kier alpha value is -1.51. The zero-order chi connectivity index (χ0) is 10.3. The minimum atomic E-state index is 0.746. The summed E-state index contributed by atoms with van der Waals surface area (Å²) in [4.78, 5) is 13.2. The normalized spacial score (nSPS) is 10.9. The van der Waals surface area contributed by atoms with E-state index in [1.165, 1.54) is 5.56 Å². The summed E-state index contributed by atoms with van der Waals surface area (Å²) in [5.74, 6) is 0. The third kappa shape index (κ3) is 1.25.